The van der Waals surface area contributed by atoms with Crippen molar-refractivity contribution < 1.29 is 19.3 Å². The van der Waals surface area contributed by atoms with Crippen LogP contribution in [0.1, 0.15) is 54.9 Å². The third-order valence-corrected chi connectivity index (χ3v) is 6.16. The highest BCUT2D eigenvalue weighted by Gasteiger charge is 2.45. The SMILES string of the molecule is CCC1O[C@H](C)C(C)[C@@H](C)[C@@H]1O[C@H]1O[C@@H](C)[C@@H](O)C(C)C1C. The van der Waals surface area contributed by atoms with E-state index in [2.05, 4.69) is 41.5 Å². The van der Waals surface area contributed by atoms with Gasteiger partial charge in [-0.25, -0.2) is 0 Å². The van der Waals surface area contributed by atoms with Crippen molar-refractivity contribution in [1.82, 2.24) is 0 Å². The molecule has 0 aliphatic carbocycles. The minimum Gasteiger partial charge on any atom is -0.390 e. The van der Waals surface area contributed by atoms with E-state index >= 15 is 0 Å². The summed E-state index contributed by atoms with van der Waals surface area (Å²) in [6.07, 6.45) is 0.514. The summed E-state index contributed by atoms with van der Waals surface area (Å²) in [5, 5.41) is 10.2. The molecule has 4 nitrogen and oxygen atoms in total. The van der Waals surface area contributed by atoms with Crippen LogP contribution in [0.15, 0.2) is 0 Å². The summed E-state index contributed by atoms with van der Waals surface area (Å²) in [7, 11) is 0. The van der Waals surface area contributed by atoms with Crippen molar-refractivity contribution in [2.24, 2.45) is 23.7 Å². The van der Waals surface area contributed by atoms with Crippen molar-refractivity contribution in [2.45, 2.75) is 91.7 Å². The summed E-state index contributed by atoms with van der Waals surface area (Å²) in [6.45, 7) is 14.9. The van der Waals surface area contributed by atoms with Gasteiger partial charge in [-0.2, -0.15) is 0 Å². The topological polar surface area (TPSA) is 47.9 Å². The monoisotopic (exact) mass is 314 g/mol. The molecule has 0 aromatic rings. The maximum atomic E-state index is 10.2. The lowest BCUT2D eigenvalue weighted by Crippen LogP contribution is -2.55. The first-order valence-electron chi connectivity index (χ1n) is 8.92. The lowest BCUT2D eigenvalue weighted by atomic mass is 9.80. The molecule has 2 aliphatic rings. The maximum absolute atomic E-state index is 10.2. The molecule has 0 spiro atoms. The normalized spacial score (nSPS) is 53.5. The molecule has 2 rings (SSSR count). The van der Waals surface area contributed by atoms with E-state index < -0.39 is 6.10 Å². The predicted octanol–water partition coefficient (Wildman–Crippen LogP) is 3.22. The van der Waals surface area contributed by atoms with Crippen LogP contribution in [0.25, 0.3) is 0 Å². The molecule has 4 unspecified atom stereocenters. The zero-order chi connectivity index (χ0) is 16.6. The van der Waals surface area contributed by atoms with Gasteiger partial charge in [-0.05, 0) is 38.0 Å². The van der Waals surface area contributed by atoms with Gasteiger partial charge in [0.2, 0.25) is 0 Å². The highest BCUT2D eigenvalue weighted by molar-refractivity contribution is 4.89. The molecule has 2 saturated heterocycles. The minimum absolute atomic E-state index is 0.0540. The Bertz CT molecular complexity index is 359. The van der Waals surface area contributed by atoms with E-state index in [0.29, 0.717) is 11.8 Å². The molecule has 0 radical (unpaired) electrons. The highest BCUT2D eigenvalue weighted by Crippen LogP contribution is 2.38. The second kappa shape index (κ2) is 7.16. The molecular weight excluding hydrogens is 280 g/mol. The molecule has 130 valence electrons. The first kappa shape index (κ1) is 18.2. The van der Waals surface area contributed by atoms with Gasteiger partial charge in [0, 0.05) is 5.92 Å². The lowest BCUT2D eigenvalue weighted by molar-refractivity contribution is -0.304. The smallest absolute Gasteiger partial charge is 0.161 e. The first-order valence-corrected chi connectivity index (χ1v) is 8.92. The molecule has 4 heteroatoms. The third-order valence-electron chi connectivity index (χ3n) is 6.16. The molecule has 22 heavy (non-hydrogen) atoms. The molecule has 1 N–H and O–H groups in total. The summed E-state index contributed by atoms with van der Waals surface area (Å²) in [5.74, 6) is 1.24. The number of hydrogen-bond donors (Lipinski definition) is 1. The van der Waals surface area contributed by atoms with E-state index in [1.807, 2.05) is 6.92 Å². The third kappa shape index (κ3) is 3.35. The Kier molecular flexibility index (Phi) is 5.92. The summed E-state index contributed by atoms with van der Waals surface area (Å²) in [5.41, 5.74) is 0. The van der Waals surface area contributed by atoms with Crippen molar-refractivity contribution in [3.05, 3.63) is 0 Å². The summed E-state index contributed by atoms with van der Waals surface area (Å²) in [4.78, 5) is 0. The average molecular weight is 314 g/mol. The van der Waals surface area contributed by atoms with Crippen LogP contribution < -0.4 is 0 Å². The Hall–Kier alpha value is -0.160. The van der Waals surface area contributed by atoms with E-state index in [-0.39, 0.29) is 42.5 Å². The van der Waals surface area contributed by atoms with Crippen LogP contribution in [0.5, 0.6) is 0 Å². The van der Waals surface area contributed by atoms with E-state index in [4.69, 9.17) is 14.2 Å². The molecule has 2 heterocycles. The Morgan fingerprint density at radius 3 is 2.05 bits per heavy atom. The molecule has 2 aliphatic heterocycles. The van der Waals surface area contributed by atoms with Gasteiger partial charge in [-0.15, -0.1) is 0 Å². The van der Waals surface area contributed by atoms with Gasteiger partial charge in [0.05, 0.1) is 30.5 Å². The van der Waals surface area contributed by atoms with Crippen LogP contribution >= 0.6 is 0 Å². The second-order valence-electron chi connectivity index (χ2n) is 7.53. The van der Waals surface area contributed by atoms with Crippen molar-refractivity contribution >= 4 is 0 Å². The molecule has 0 aromatic carbocycles. The summed E-state index contributed by atoms with van der Waals surface area (Å²) < 4.78 is 18.5. The van der Waals surface area contributed by atoms with Crippen LogP contribution in [0.4, 0.5) is 0 Å². The fraction of sp³-hybridized carbons (Fsp3) is 1.00. The summed E-state index contributed by atoms with van der Waals surface area (Å²) >= 11 is 0. The Labute approximate surface area is 135 Å². The van der Waals surface area contributed by atoms with Crippen molar-refractivity contribution in [1.29, 1.82) is 0 Å². The van der Waals surface area contributed by atoms with Gasteiger partial charge in [-0.1, -0.05) is 34.6 Å². The number of aliphatic hydroxyl groups excluding tert-OH is 1. The maximum Gasteiger partial charge on any atom is 0.161 e. The molecular formula is C18H34O4. The first-order chi connectivity index (χ1) is 10.3. The average Bonchev–Trinajstić information content (AvgIpc) is 2.50. The van der Waals surface area contributed by atoms with Crippen molar-refractivity contribution in [3.8, 4) is 0 Å². The van der Waals surface area contributed by atoms with Crippen molar-refractivity contribution in [2.75, 3.05) is 0 Å². The van der Waals surface area contributed by atoms with E-state index in [1.54, 1.807) is 0 Å². The minimum atomic E-state index is -0.421. The fourth-order valence-corrected chi connectivity index (χ4v) is 3.80. The number of aliphatic hydroxyl groups is 1. The van der Waals surface area contributed by atoms with Crippen LogP contribution in [-0.4, -0.2) is 41.9 Å². The van der Waals surface area contributed by atoms with Gasteiger partial charge >= 0.3 is 0 Å². The standard InChI is InChI=1S/C18H34O4/c1-8-15-17(11(4)9(2)13(6)20-15)22-18-12(5)10(3)16(19)14(7)21-18/h9-19H,8H2,1-7H3/t9?,10?,11-,12?,13-,14+,15?,16+,17+,18-/m1/s1. The molecule has 10 atom stereocenters. The fourth-order valence-electron chi connectivity index (χ4n) is 3.80. The van der Waals surface area contributed by atoms with Crippen LogP contribution in [0.3, 0.4) is 0 Å². The molecule has 2 fully saturated rings. The van der Waals surface area contributed by atoms with Crippen LogP contribution in [0.2, 0.25) is 0 Å². The second-order valence-corrected chi connectivity index (χ2v) is 7.53. The Balaban J connectivity index is 2.10. The van der Waals surface area contributed by atoms with E-state index in [9.17, 15) is 5.11 Å². The van der Waals surface area contributed by atoms with Gasteiger partial charge < -0.3 is 19.3 Å². The molecule has 0 aromatic heterocycles. The number of ether oxygens (including phenoxy) is 3. The highest BCUT2D eigenvalue weighted by atomic mass is 16.7. The van der Waals surface area contributed by atoms with Gasteiger partial charge in [-0.3, -0.25) is 0 Å². The van der Waals surface area contributed by atoms with E-state index in [1.165, 1.54) is 0 Å². The zero-order valence-electron chi connectivity index (χ0n) is 15.2. The quantitative estimate of drug-likeness (QED) is 0.869. The number of hydrogen-bond acceptors (Lipinski definition) is 4. The van der Waals surface area contributed by atoms with Gasteiger partial charge in [0.15, 0.2) is 6.29 Å². The molecule has 0 bridgehead atoms. The predicted molar refractivity (Wildman–Crippen MR) is 86.5 cm³/mol. The Morgan fingerprint density at radius 2 is 1.45 bits per heavy atom. The largest absolute Gasteiger partial charge is 0.390 e. The zero-order valence-corrected chi connectivity index (χ0v) is 15.2. The lowest BCUT2D eigenvalue weighted by Gasteiger charge is -2.48. The van der Waals surface area contributed by atoms with Gasteiger partial charge in [0.25, 0.3) is 0 Å². The number of rotatable bonds is 3. The van der Waals surface area contributed by atoms with Crippen LogP contribution in [0, 0.1) is 23.7 Å². The van der Waals surface area contributed by atoms with Crippen molar-refractivity contribution in [3.63, 3.8) is 0 Å². The molecule has 0 saturated carbocycles. The van der Waals surface area contributed by atoms with Crippen LogP contribution in [-0.2, 0) is 14.2 Å². The van der Waals surface area contributed by atoms with Gasteiger partial charge in [0.1, 0.15) is 0 Å². The summed E-state index contributed by atoms with van der Waals surface area (Å²) in [6, 6.07) is 0. The molecule has 0 amide bonds. The Morgan fingerprint density at radius 1 is 0.818 bits per heavy atom. The van der Waals surface area contributed by atoms with E-state index in [0.717, 1.165) is 6.42 Å².